The fourth-order valence-electron chi connectivity index (χ4n) is 5.59. The van der Waals surface area contributed by atoms with Crippen molar-refractivity contribution in [2.45, 2.75) is 37.1 Å². The molecule has 1 fully saturated rings. The normalized spacial score (nSPS) is 26.1. The van der Waals surface area contributed by atoms with Crippen molar-refractivity contribution < 1.29 is 9.59 Å². The quantitative estimate of drug-likeness (QED) is 0.639. The predicted molar refractivity (Wildman–Crippen MR) is 131 cm³/mol. The highest BCUT2D eigenvalue weighted by molar-refractivity contribution is 6.31. The molecule has 2 aromatic carbocycles. The number of nitrogens with one attached hydrogen (secondary N) is 1. The summed E-state index contributed by atoms with van der Waals surface area (Å²) in [6, 6.07) is 12.7. The van der Waals surface area contributed by atoms with Crippen molar-refractivity contribution in [1.29, 1.82) is 0 Å². The van der Waals surface area contributed by atoms with Gasteiger partial charge in [-0.3, -0.25) is 9.59 Å². The minimum absolute atomic E-state index is 0.126. The summed E-state index contributed by atoms with van der Waals surface area (Å²) in [6.07, 6.45) is 1.12. The number of rotatable bonds is 3. The zero-order valence-corrected chi connectivity index (χ0v) is 20.0. The average molecular weight is 483 g/mol. The molecular formula is C25H24Cl2N4O2. The van der Waals surface area contributed by atoms with Crippen LogP contribution in [-0.4, -0.2) is 47.2 Å². The third-order valence-electron chi connectivity index (χ3n) is 7.09. The van der Waals surface area contributed by atoms with E-state index in [4.69, 9.17) is 23.2 Å². The molecule has 1 spiro atoms. The molecule has 3 aliphatic heterocycles. The highest BCUT2D eigenvalue weighted by Gasteiger charge is 2.63. The van der Waals surface area contributed by atoms with E-state index in [9.17, 15) is 9.59 Å². The average Bonchev–Trinajstić information content (AvgIpc) is 3.05. The van der Waals surface area contributed by atoms with Crippen LogP contribution in [0.25, 0.3) is 0 Å². The Morgan fingerprint density at radius 1 is 1.21 bits per heavy atom. The van der Waals surface area contributed by atoms with Gasteiger partial charge in [-0.25, -0.2) is 5.01 Å². The molecule has 5 rings (SSSR count). The second-order valence-electron chi connectivity index (χ2n) is 8.80. The van der Waals surface area contributed by atoms with Gasteiger partial charge in [-0.1, -0.05) is 60.5 Å². The summed E-state index contributed by atoms with van der Waals surface area (Å²) >= 11 is 12.7. The van der Waals surface area contributed by atoms with Gasteiger partial charge in [0.15, 0.2) is 0 Å². The predicted octanol–water partition coefficient (Wildman–Crippen LogP) is 4.79. The van der Waals surface area contributed by atoms with Crippen LogP contribution in [0, 0.1) is 0 Å². The minimum atomic E-state index is -1.02. The van der Waals surface area contributed by atoms with Crippen LogP contribution in [0.5, 0.6) is 0 Å². The van der Waals surface area contributed by atoms with Gasteiger partial charge in [0.05, 0.1) is 6.04 Å². The van der Waals surface area contributed by atoms with Crippen molar-refractivity contribution in [3.8, 4) is 0 Å². The molecule has 6 nitrogen and oxygen atoms in total. The number of carbonyl (C=O) groups excluding carboxylic acids is 2. The van der Waals surface area contributed by atoms with Gasteiger partial charge in [-0.05, 0) is 41.8 Å². The third kappa shape index (κ3) is 3.19. The maximum absolute atomic E-state index is 14.0. The maximum atomic E-state index is 14.0. The van der Waals surface area contributed by atoms with Gasteiger partial charge in [0.25, 0.3) is 5.91 Å². The summed E-state index contributed by atoms with van der Waals surface area (Å²) in [5, 5.41) is 10.2. The van der Waals surface area contributed by atoms with Gasteiger partial charge < -0.3 is 10.2 Å². The van der Waals surface area contributed by atoms with Gasteiger partial charge in [-0.15, -0.1) is 0 Å². The molecule has 3 atom stereocenters. The Labute approximate surface area is 202 Å². The van der Waals surface area contributed by atoms with Crippen LogP contribution in [0.2, 0.25) is 10.0 Å². The van der Waals surface area contributed by atoms with Crippen molar-refractivity contribution >= 4 is 46.5 Å². The molecule has 2 amide bonds. The van der Waals surface area contributed by atoms with E-state index in [2.05, 4.69) is 17.0 Å². The summed E-state index contributed by atoms with van der Waals surface area (Å²) in [4.78, 5) is 28.7. The third-order valence-corrected chi connectivity index (χ3v) is 7.56. The lowest BCUT2D eigenvalue weighted by Crippen LogP contribution is -2.66. The first-order chi connectivity index (χ1) is 15.8. The minimum Gasteiger partial charge on any atom is -0.341 e. The maximum Gasteiger partial charge on any atom is 0.262 e. The second-order valence-corrected chi connectivity index (χ2v) is 9.67. The van der Waals surface area contributed by atoms with Crippen molar-refractivity contribution in [1.82, 2.24) is 9.91 Å². The smallest absolute Gasteiger partial charge is 0.262 e. The summed E-state index contributed by atoms with van der Waals surface area (Å²) in [5.41, 5.74) is 2.33. The van der Waals surface area contributed by atoms with E-state index in [1.165, 1.54) is 5.01 Å². The van der Waals surface area contributed by atoms with E-state index in [0.29, 0.717) is 28.6 Å². The summed E-state index contributed by atoms with van der Waals surface area (Å²) in [6.45, 7) is 6.52. The van der Waals surface area contributed by atoms with E-state index in [1.54, 1.807) is 13.1 Å². The second kappa shape index (κ2) is 7.89. The Hall–Kier alpha value is -2.83. The molecular weight excluding hydrogens is 459 g/mol. The zero-order chi connectivity index (χ0) is 23.5. The molecule has 1 N–H and O–H groups in total. The van der Waals surface area contributed by atoms with Crippen LogP contribution in [0.1, 0.15) is 36.8 Å². The lowest BCUT2D eigenvalue weighted by Gasteiger charge is -2.54. The first-order valence-corrected chi connectivity index (χ1v) is 11.7. The largest absolute Gasteiger partial charge is 0.341 e. The zero-order valence-electron chi connectivity index (χ0n) is 18.4. The van der Waals surface area contributed by atoms with E-state index in [1.807, 2.05) is 48.2 Å². The van der Waals surface area contributed by atoms with Gasteiger partial charge in [0.1, 0.15) is 17.8 Å². The molecule has 3 heterocycles. The Bertz CT molecular complexity index is 1230. The number of halogens is 2. The van der Waals surface area contributed by atoms with Gasteiger partial charge >= 0.3 is 0 Å². The van der Waals surface area contributed by atoms with E-state index < -0.39 is 11.5 Å². The lowest BCUT2D eigenvalue weighted by atomic mass is 9.58. The standard InChI is InChI=1S/C25H24Cl2N4O2/c1-4-14(2)23-25(18-9-8-17(27)11-20(18)28-24(25)33)19(15-6-5-7-16(26)10-15)12-21-29-30(3)22(32)13-31(21)23/h5-11,19,23H,2,4,12-13H2,1,3H3,(H,28,33)/t19-,23+,25-/m0/s1. The molecule has 0 aromatic heterocycles. The summed E-state index contributed by atoms with van der Waals surface area (Å²) in [5.74, 6) is 0.236. The summed E-state index contributed by atoms with van der Waals surface area (Å²) < 4.78 is 0. The van der Waals surface area contributed by atoms with E-state index in [-0.39, 0.29) is 24.3 Å². The van der Waals surface area contributed by atoms with Crippen LogP contribution < -0.4 is 5.32 Å². The van der Waals surface area contributed by atoms with Crippen molar-refractivity contribution in [3.63, 3.8) is 0 Å². The molecule has 3 aliphatic rings. The number of amides is 2. The number of hydrogen-bond acceptors (Lipinski definition) is 4. The Balaban J connectivity index is 1.83. The van der Waals surface area contributed by atoms with Crippen molar-refractivity contribution in [2.75, 3.05) is 18.9 Å². The number of piperidine rings is 1. The molecule has 0 radical (unpaired) electrons. The number of nitrogens with zero attached hydrogens (tertiary/aromatic N) is 3. The van der Waals surface area contributed by atoms with Crippen molar-refractivity contribution in [2.24, 2.45) is 5.10 Å². The lowest BCUT2D eigenvalue weighted by molar-refractivity contribution is -0.134. The van der Waals surface area contributed by atoms with Gasteiger partial charge in [0, 0.05) is 35.1 Å². The monoisotopic (exact) mass is 482 g/mol. The van der Waals surface area contributed by atoms with E-state index >= 15 is 0 Å². The first kappa shape index (κ1) is 22.0. The Morgan fingerprint density at radius 2 is 1.97 bits per heavy atom. The Morgan fingerprint density at radius 3 is 2.70 bits per heavy atom. The highest BCUT2D eigenvalue weighted by atomic mass is 35.5. The fourth-order valence-corrected chi connectivity index (χ4v) is 5.96. The number of carbonyl (C=O) groups is 2. The molecule has 33 heavy (non-hydrogen) atoms. The van der Waals surface area contributed by atoms with E-state index in [0.717, 1.165) is 22.5 Å². The SMILES string of the molecule is C=C(CC)[C@H]1N2CC(=O)N(C)N=C2C[C@@H](c2cccc(Cl)c2)[C@]12C(=O)Nc1cc(Cl)ccc12. The summed E-state index contributed by atoms with van der Waals surface area (Å²) in [7, 11) is 1.66. The highest BCUT2D eigenvalue weighted by Crippen LogP contribution is 2.57. The number of benzene rings is 2. The molecule has 1 saturated heterocycles. The number of hydrazone groups is 1. The number of likely N-dealkylation sites (N-methyl/N-ethyl adjacent to an activating group) is 1. The van der Waals surface area contributed by atoms with Crippen LogP contribution in [0.3, 0.4) is 0 Å². The molecule has 0 aliphatic carbocycles. The van der Waals surface area contributed by atoms with Crippen LogP contribution >= 0.6 is 23.2 Å². The van der Waals surface area contributed by atoms with Crippen LogP contribution in [-0.2, 0) is 15.0 Å². The molecule has 0 saturated carbocycles. The molecule has 0 bridgehead atoms. The van der Waals surface area contributed by atoms with Crippen LogP contribution in [0.15, 0.2) is 59.7 Å². The molecule has 8 heteroatoms. The number of hydrogen-bond donors (Lipinski definition) is 1. The Kier molecular flexibility index (Phi) is 5.26. The molecule has 170 valence electrons. The van der Waals surface area contributed by atoms with Crippen LogP contribution in [0.4, 0.5) is 5.69 Å². The van der Waals surface area contributed by atoms with Gasteiger partial charge in [-0.2, -0.15) is 5.10 Å². The first-order valence-electron chi connectivity index (χ1n) is 10.9. The van der Waals surface area contributed by atoms with Crippen molar-refractivity contribution in [3.05, 3.63) is 75.8 Å². The molecule has 2 aromatic rings. The van der Waals surface area contributed by atoms with Gasteiger partial charge in [0.2, 0.25) is 5.91 Å². The molecule has 0 unspecified atom stereocenters. The topological polar surface area (TPSA) is 65.0 Å². The fraction of sp³-hybridized carbons (Fsp3) is 0.320. The number of amidine groups is 1. The number of fused-ring (bicyclic) bond motifs is 3. The number of anilines is 1.